The van der Waals surface area contributed by atoms with Crippen molar-refractivity contribution in [2.24, 2.45) is 11.8 Å². The van der Waals surface area contributed by atoms with E-state index in [9.17, 15) is 4.79 Å². The Bertz CT molecular complexity index is 109. The quantitative estimate of drug-likeness (QED) is 0.584. The van der Waals surface area contributed by atoms with Gasteiger partial charge in [-0.2, -0.15) is 0 Å². The number of rotatable bonds is 2. The second-order valence-corrected chi connectivity index (χ2v) is 2.57. The molecule has 0 radical (unpaired) electrons. The smallest absolute Gasteiger partial charge is 0.303 e. The van der Waals surface area contributed by atoms with E-state index in [4.69, 9.17) is 5.11 Å². The molecule has 8 heavy (non-hydrogen) atoms. The van der Waals surface area contributed by atoms with Crippen molar-refractivity contribution in [2.45, 2.75) is 19.8 Å². The third kappa shape index (κ3) is 1.22. The standard InChI is InChI=1S/C6H10O2/c1-4-2-5(4)3-6(7)8/h4-5H,2-3H2,1H3,(H,7,8)/t4-,5-/m0/s1. The number of carboxylic acids is 1. The van der Waals surface area contributed by atoms with Gasteiger partial charge in [0.2, 0.25) is 0 Å². The minimum Gasteiger partial charge on any atom is -0.481 e. The molecule has 0 aromatic carbocycles. The first-order valence-electron chi connectivity index (χ1n) is 2.92. The number of hydrogen-bond donors (Lipinski definition) is 1. The SMILES string of the molecule is C[C@H]1C[C@H]1CC(=O)O. The summed E-state index contributed by atoms with van der Waals surface area (Å²) in [6.07, 6.45) is 1.49. The minimum absolute atomic E-state index is 0.376. The fraction of sp³-hybridized carbons (Fsp3) is 0.833. The van der Waals surface area contributed by atoms with Crippen molar-refractivity contribution in [1.29, 1.82) is 0 Å². The second-order valence-electron chi connectivity index (χ2n) is 2.57. The van der Waals surface area contributed by atoms with Gasteiger partial charge in [0, 0.05) is 6.42 Å². The number of carboxylic acid groups (broad SMARTS) is 1. The van der Waals surface area contributed by atoms with Gasteiger partial charge in [0.05, 0.1) is 0 Å². The molecule has 1 aliphatic carbocycles. The van der Waals surface area contributed by atoms with Crippen LogP contribution in [0.1, 0.15) is 19.8 Å². The van der Waals surface area contributed by atoms with Gasteiger partial charge in [-0.1, -0.05) is 6.92 Å². The van der Waals surface area contributed by atoms with Crippen molar-refractivity contribution in [3.05, 3.63) is 0 Å². The topological polar surface area (TPSA) is 37.3 Å². The molecule has 0 saturated heterocycles. The number of aliphatic carboxylic acids is 1. The molecule has 2 heteroatoms. The summed E-state index contributed by atoms with van der Waals surface area (Å²) >= 11 is 0. The summed E-state index contributed by atoms with van der Waals surface area (Å²) in [6.45, 7) is 2.09. The molecule has 1 aliphatic rings. The van der Waals surface area contributed by atoms with Gasteiger partial charge < -0.3 is 5.11 Å². The Hall–Kier alpha value is -0.530. The molecule has 1 rings (SSSR count). The molecule has 1 N–H and O–H groups in total. The maximum atomic E-state index is 10.00. The predicted molar refractivity (Wildman–Crippen MR) is 29.5 cm³/mol. The van der Waals surface area contributed by atoms with E-state index in [0.717, 1.165) is 6.42 Å². The lowest BCUT2D eigenvalue weighted by Gasteiger charge is -1.85. The van der Waals surface area contributed by atoms with E-state index in [1.165, 1.54) is 0 Å². The van der Waals surface area contributed by atoms with Gasteiger partial charge >= 0.3 is 5.97 Å². The third-order valence-corrected chi connectivity index (χ3v) is 1.71. The maximum absolute atomic E-state index is 10.00. The molecule has 1 saturated carbocycles. The fourth-order valence-electron chi connectivity index (χ4n) is 0.908. The number of hydrogen-bond acceptors (Lipinski definition) is 1. The predicted octanol–water partition coefficient (Wildman–Crippen LogP) is 1.12. The Labute approximate surface area is 48.5 Å². The summed E-state index contributed by atoms with van der Waals surface area (Å²) in [5.41, 5.74) is 0. The summed E-state index contributed by atoms with van der Waals surface area (Å²) in [7, 11) is 0. The van der Waals surface area contributed by atoms with Crippen LogP contribution in [0, 0.1) is 11.8 Å². The first-order chi connectivity index (χ1) is 3.70. The lowest BCUT2D eigenvalue weighted by molar-refractivity contribution is -0.137. The van der Waals surface area contributed by atoms with E-state index in [2.05, 4.69) is 6.92 Å². The summed E-state index contributed by atoms with van der Waals surface area (Å²) in [5, 5.41) is 8.24. The first kappa shape index (κ1) is 5.60. The highest BCUT2D eigenvalue weighted by molar-refractivity contribution is 5.67. The first-order valence-corrected chi connectivity index (χ1v) is 2.92. The van der Waals surface area contributed by atoms with Crippen molar-refractivity contribution in [3.8, 4) is 0 Å². The molecule has 1 fully saturated rings. The van der Waals surface area contributed by atoms with Gasteiger partial charge in [0.15, 0.2) is 0 Å². The van der Waals surface area contributed by atoms with Gasteiger partial charge in [-0.15, -0.1) is 0 Å². The largest absolute Gasteiger partial charge is 0.481 e. The van der Waals surface area contributed by atoms with Crippen LogP contribution in [0.5, 0.6) is 0 Å². The average molecular weight is 114 g/mol. The molecule has 2 atom stereocenters. The molecule has 0 aliphatic heterocycles. The van der Waals surface area contributed by atoms with Crippen LogP contribution in [0.3, 0.4) is 0 Å². The van der Waals surface area contributed by atoms with E-state index < -0.39 is 5.97 Å². The number of carbonyl (C=O) groups is 1. The van der Waals surface area contributed by atoms with Crippen LogP contribution in [-0.2, 0) is 4.79 Å². The van der Waals surface area contributed by atoms with E-state index >= 15 is 0 Å². The molecule has 0 heterocycles. The molecule has 0 aromatic heterocycles. The van der Waals surface area contributed by atoms with Crippen LogP contribution in [0.2, 0.25) is 0 Å². The van der Waals surface area contributed by atoms with Crippen molar-refractivity contribution in [3.63, 3.8) is 0 Å². The summed E-state index contributed by atoms with van der Waals surface area (Å²) in [5.74, 6) is 0.512. The van der Waals surface area contributed by atoms with Crippen molar-refractivity contribution in [1.82, 2.24) is 0 Å². The van der Waals surface area contributed by atoms with Gasteiger partial charge in [-0.3, -0.25) is 4.79 Å². The van der Waals surface area contributed by atoms with Gasteiger partial charge in [0.1, 0.15) is 0 Å². The lowest BCUT2D eigenvalue weighted by atomic mass is 10.2. The Morgan fingerprint density at radius 1 is 1.88 bits per heavy atom. The van der Waals surface area contributed by atoms with E-state index in [0.29, 0.717) is 18.3 Å². The molecule has 0 bridgehead atoms. The Morgan fingerprint density at radius 2 is 2.38 bits per heavy atom. The Balaban J connectivity index is 2.14. The van der Waals surface area contributed by atoms with Crippen LogP contribution in [0.4, 0.5) is 0 Å². The molecule has 0 aromatic rings. The Kier molecular flexibility index (Phi) is 1.24. The van der Waals surface area contributed by atoms with Crippen molar-refractivity contribution in [2.75, 3.05) is 0 Å². The lowest BCUT2D eigenvalue weighted by Crippen LogP contribution is -1.95. The second kappa shape index (κ2) is 1.77. The zero-order chi connectivity index (χ0) is 6.15. The average Bonchev–Trinajstić information content (AvgIpc) is 2.17. The Morgan fingerprint density at radius 3 is 2.50 bits per heavy atom. The highest BCUT2D eigenvalue weighted by Crippen LogP contribution is 2.40. The molecule has 0 amide bonds. The highest BCUT2D eigenvalue weighted by Gasteiger charge is 2.33. The van der Waals surface area contributed by atoms with Crippen molar-refractivity contribution >= 4 is 5.97 Å². The molecule has 46 valence electrons. The summed E-state index contributed by atoms with van der Waals surface area (Å²) < 4.78 is 0. The maximum Gasteiger partial charge on any atom is 0.303 e. The molecule has 0 spiro atoms. The molecular weight excluding hydrogens is 104 g/mol. The molecular formula is C6H10O2. The van der Waals surface area contributed by atoms with Crippen LogP contribution in [0.15, 0.2) is 0 Å². The van der Waals surface area contributed by atoms with E-state index in [1.54, 1.807) is 0 Å². The summed E-state index contributed by atoms with van der Waals surface area (Å²) in [6, 6.07) is 0. The van der Waals surface area contributed by atoms with Crippen molar-refractivity contribution < 1.29 is 9.90 Å². The zero-order valence-corrected chi connectivity index (χ0v) is 4.92. The molecule has 2 nitrogen and oxygen atoms in total. The summed E-state index contributed by atoms with van der Waals surface area (Å²) in [4.78, 5) is 10.00. The van der Waals surface area contributed by atoms with Gasteiger partial charge in [0.25, 0.3) is 0 Å². The molecule has 0 unspecified atom stereocenters. The third-order valence-electron chi connectivity index (χ3n) is 1.71. The van der Waals surface area contributed by atoms with Gasteiger partial charge in [-0.05, 0) is 18.3 Å². The minimum atomic E-state index is -0.653. The van der Waals surface area contributed by atoms with Crippen LogP contribution >= 0.6 is 0 Å². The van der Waals surface area contributed by atoms with Crippen LogP contribution in [0.25, 0.3) is 0 Å². The van der Waals surface area contributed by atoms with Gasteiger partial charge in [-0.25, -0.2) is 0 Å². The fourth-order valence-corrected chi connectivity index (χ4v) is 0.908. The van der Waals surface area contributed by atoms with Crippen LogP contribution in [-0.4, -0.2) is 11.1 Å². The zero-order valence-electron chi connectivity index (χ0n) is 4.92. The highest BCUT2D eigenvalue weighted by atomic mass is 16.4. The monoisotopic (exact) mass is 114 g/mol. The van der Waals surface area contributed by atoms with Crippen LogP contribution < -0.4 is 0 Å². The van der Waals surface area contributed by atoms with E-state index in [-0.39, 0.29) is 0 Å². The van der Waals surface area contributed by atoms with E-state index in [1.807, 2.05) is 0 Å². The normalized spacial score (nSPS) is 34.6.